The van der Waals surface area contributed by atoms with Crippen LogP contribution in [0.3, 0.4) is 0 Å². The molecular weight excluding hydrogens is 259 g/mol. The van der Waals surface area contributed by atoms with Crippen LogP contribution in [0.4, 0.5) is 0 Å². The minimum atomic E-state index is 0. The van der Waals surface area contributed by atoms with E-state index < -0.39 is 0 Å². The molecule has 1 heteroatoms. The average Bonchev–Trinajstić information content (AvgIpc) is 2.55. The summed E-state index contributed by atoms with van der Waals surface area (Å²) in [6.45, 7) is 2.23. The molecule has 0 fully saturated rings. The maximum Gasteiger partial charge on any atom is 1.00 e. The first-order valence-corrected chi connectivity index (χ1v) is 7.51. The van der Waals surface area contributed by atoms with E-state index in [2.05, 4.69) is 73.7 Å². The second-order valence-corrected chi connectivity index (χ2v) is 6.02. The quantitative estimate of drug-likeness (QED) is 0.298. The van der Waals surface area contributed by atoms with Crippen molar-refractivity contribution < 1.29 is 18.9 Å². The Morgan fingerprint density at radius 2 is 1.23 bits per heavy atom. The summed E-state index contributed by atoms with van der Waals surface area (Å²) in [7, 11) is 0. The van der Waals surface area contributed by atoms with Gasteiger partial charge in [-0.1, -0.05) is 119 Å². The largest absolute Gasteiger partial charge is 1.00 e. The van der Waals surface area contributed by atoms with Gasteiger partial charge in [0.2, 0.25) is 0 Å². The smallest absolute Gasteiger partial charge is 0.0996 e. The Morgan fingerprint density at radius 1 is 0.682 bits per heavy atom. The molecule has 3 aliphatic carbocycles. The molecule has 0 saturated heterocycles. The zero-order valence-corrected chi connectivity index (χ0v) is 12.9. The van der Waals surface area contributed by atoms with Crippen molar-refractivity contribution in [1.29, 1.82) is 0 Å². The minimum absolute atomic E-state index is 0. The van der Waals surface area contributed by atoms with Crippen molar-refractivity contribution in [3.63, 3.8) is 0 Å². The maximum atomic E-state index is 2.30. The molecule has 0 atom stereocenters. The molecule has 100 valence electrons. The van der Waals surface area contributed by atoms with E-state index in [-0.39, 0.29) is 18.9 Å². The minimum Gasteiger partial charge on any atom is -0.0996 e. The predicted octanol–water partition coefficient (Wildman–Crippen LogP) is 1.83. The van der Waals surface area contributed by atoms with Gasteiger partial charge < -0.3 is 0 Å². The molecule has 0 aliphatic heterocycles. The van der Waals surface area contributed by atoms with Crippen LogP contribution >= 0.6 is 0 Å². The third kappa shape index (κ3) is 1.57. The summed E-state index contributed by atoms with van der Waals surface area (Å²) < 4.78 is 0. The van der Waals surface area contributed by atoms with Crippen LogP contribution in [0, 0.1) is 12.8 Å². The number of benzene rings is 3. The molecule has 3 aromatic rings. The molecule has 2 bridgehead atoms. The van der Waals surface area contributed by atoms with Gasteiger partial charge >= 0.3 is 18.9 Å². The molecule has 0 aromatic heterocycles. The van der Waals surface area contributed by atoms with Gasteiger partial charge in [-0.3, -0.25) is 0 Å². The zero-order valence-electron chi connectivity index (χ0n) is 12.9. The molecular formula is C21H15Li. The molecule has 6 rings (SSSR count). The Kier molecular flexibility index (Phi) is 3.01. The Bertz CT molecular complexity index is 831. The second kappa shape index (κ2) is 4.82. The van der Waals surface area contributed by atoms with E-state index in [0.717, 1.165) is 0 Å². The Hall–Kier alpha value is -1.87. The van der Waals surface area contributed by atoms with Gasteiger partial charge in [-0.05, 0) is 5.92 Å². The fraction of sp³-hybridized carbons (Fsp3) is 0.0952. The number of hydrogen-bond acceptors (Lipinski definition) is 0. The van der Waals surface area contributed by atoms with E-state index in [1.54, 1.807) is 0 Å². The molecule has 0 spiro atoms. The van der Waals surface area contributed by atoms with E-state index in [1.807, 2.05) is 0 Å². The van der Waals surface area contributed by atoms with Crippen molar-refractivity contribution in [2.75, 3.05) is 0 Å². The fourth-order valence-electron chi connectivity index (χ4n) is 4.14. The molecule has 0 heterocycles. The topological polar surface area (TPSA) is 0 Å². The van der Waals surface area contributed by atoms with Crippen LogP contribution in [-0.2, 0) is 0 Å². The molecule has 22 heavy (non-hydrogen) atoms. The SMILES string of the molecule is Cc1cccc2c1[C-]1c3ccccc3C2c2ccccc21.[Li+]. The summed E-state index contributed by atoms with van der Waals surface area (Å²) in [5.74, 6) is 1.82. The monoisotopic (exact) mass is 274 g/mol. The third-order valence-electron chi connectivity index (χ3n) is 4.95. The van der Waals surface area contributed by atoms with Gasteiger partial charge in [-0.15, -0.1) is 0 Å². The zero-order chi connectivity index (χ0) is 14.0. The van der Waals surface area contributed by atoms with Crippen LogP contribution in [-0.4, -0.2) is 0 Å². The molecule has 3 aliphatic rings. The van der Waals surface area contributed by atoms with Crippen molar-refractivity contribution in [1.82, 2.24) is 0 Å². The summed E-state index contributed by atoms with van der Waals surface area (Å²) >= 11 is 0. The number of hydrogen-bond donors (Lipinski definition) is 0. The predicted molar refractivity (Wildman–Crippen MR) is 85.6 cm³/mol. The molecule has 0 unspecified atom stereocenters. The van der Waals surface area contributed by atoms with Crippen LogP contribution < -0.4 is 18.9 Å². The van der Waals surface area contributed by atoms with Crippen LogP contribution in [0.2, 0.25) is 0 Å². The molecule has 0 radical (unpaired) electrons. The first kappa shape index (κ1) is 13.8. The Balaban J connectivity index is 0.00000125. The van der Waals surface area contributed by atoms with Crippen molar-refractivity contribution in [3.8, 4) is 0 Å². The van der Waals surface area contributed by atoms with Gasteiger partial charge in [0, 0.05) is 0 Å². The van der Waals surface area contributed by atoms with Crippen molar-refractivity contribution in [2.24, 2.45) is 0 Å². The van der Waals surface area contributed by atoms with Gasteiger partial charge in [0.15, 0.2) is 0 Å². The van der Waals surface area contributed by atoms with E-state index in [1.165, 1.54) is 44.9 Å². The van der Waals surface area contributed by atoms with Gasteiger partial charge in [0.1, 0.15) is 0 Å². The first-order valence-electron chi connectivity index (χ1n) is 7.51. The maximum absolute atomic E-state index is 2.30. The normalized spacial score (nSPS) is 14.0. The van der Waals surface area contributed by atoms with Gasteiger partial charge in [-0.2, -0.15) is 0 Å². The van der Waals surface area contributed by atoms with Gasteiger partial charge in [-0.25, -0.2) is 0 Å². The Labute approximate surface area is 143 Å². The first-order chi connectivity index (χ1) is 10.4. The fourth-order valence-corrected chi connectivity index (χ4v) is 4.14. The standard InChI is InChI=1S/C21H15.Li/c1-13-7-6-12-18-19(13)21-16-10-4-2-8-14(16)20(18)15-9-3-5-11-17(15)21;/h2-12,20H,1H3;/q-1;+1. The summed E-state index contributed by atoms with van der Waals surface area (Å²) in [4.78, 5) is 0. The summed E-state index contributed by atoms with van der Waals surface area (Å²) in [6, 6.07) is 24.5. The van der Waals surface area contributed by atoms with Crippen molar-refractivity contribution >= 4 is 0 Å². The average molecular weight is 274 g/mol. The van der Waals surface area contributed by atoms with Gasteiger partial charge in [0.25, 0.3) is 0 Å². The van der Waals surface area contributed by atoms with E-state index in [0.29, 0.717) is 5.92 Å². The number of rotatable bonds is 0. The molecule has 0 nitrogen and oxygen atoms in total. The summed E-state index contributed by atoms with van der Waals surface area (Å²) in [6.07, 6.45) is 0. The summed E-state index contributed by atoms with van der Waals surface area (Å²) in [5.41, 5.74) is 10.1. The van der Waals surface area contributed by atoms with Crippen LogP contribution in [0.5, 0.6) is 0 Å². The second-order valence-electron chi connectivity index (χ2n) is 6.02. The van der Waals surface area contributed by atoms with Gasteiger partial charge in [0.05, 0.1) is 0 Å². The Morgan fingerprint density at radius 3 is 1.86 bits per heavy atom. The molecule has 0 saturated carbocycles. The molecule has 0 N–H and O–H groups in total. The van der Waals surface area contributed by atoms with Crippen LogP contribution in [0.15, 0.2) is 66.7 Å². The van der Waals surface area contributed by atoms with Crippen molar-refractivity contribution in [3.05, 3.63) is 112 Å². The molecule has 0 amide bonds. The number of aryl methyl sites for hydroxylation is 1. The van der Waals surface area contributed by atoms with E-state index in [4.69, 9.17) is 0 Å². The summed E-state index contributed by atoms with van der Waals surface area (Å²) in [5, 5.41) is 0. The van der Waals surface area contributed by atoms with Crippen LogP contribution in [0.1, 0.15) is 44.9 Å². The van der Waals surface area contributed by atoms with Crippen LogP contribution in [0.25, 0.3) is 0 Å². The van der Waals surface area contributed by atoms with E-state index in [9.17, 15) is 0 Å². The van der Waals surface area contributed by atoms with E-state index >= 15 is 0 Å². The third-order valence-corrected chi connectivity index (χ3v) is 4.95. The van der Waals surface area contributed by atoms with Crippen molar-refractivity contribution in [2.45, 2.75) is 12.8 Å². The molecule has 3 aromatic carbocycles.